The van der Waals surface area contributed by atoms with Crippen LogP contribution in [0.1, 0.15) is 239 Å². The molecule has 0 heterocycles. The van der Waals surface area contributed by atoms with Crippen molar-refractivity contribution in [3.63, 3.8) is 0 Å². The molecule has 0 aliphatic carbocycles. The predicted molar refractivity (Wildman–Crippen MR) is 261 cm³/mol. The molecule has 1 unspecified atom stereocenters. The van der Waals surface area contributed by atoms with Gasteiger partial charge in [-0.2, -0.15) is 0 Å². The highest BCUT2D eigenvalue weighted by Gasteiger charge is 2.19. The van der Waals surface area contributed by atoms with E-state index < -0.39 is 6.10 Å². The van der Waals surface area contributed by atoms with E-state index in [-0.39, 0.29) is 37.5 Å². The Morgan fingerprint density at radius 1 is 0.344 bits per heavy atom. The highest BCUT2D eigenvalue weighted by Crippen LogP contribution is 2.14. The molecule has 6 nitrogen and oxygen atoms in total. The number of hydrogen-bond donors (Lipinski definition) is 0. The molecule has 0 saturated carbocycles. The van der Waals surface area contributed by atoms with Crippen molar-refractivity contribution >= 4 is 17.9 Å². The van der Waals surface area contributed by atoms with Crippen LogP contribution in [-0.2, 0) is 28.6 Å². The second-order valence-electron chi connectivity index (χ2n) is 16.8. The summed E-state index contributed by atoms with van der Waals surface area (Å²) in [7, 11) is 0. The zero-order valence-corrected chi connectivity index (χ0v) is 39.9. The quantitative estimate of drug-likeness (QED) is 0.0200. The molecular weight excluding hydrogens is 757 g/mol. The first-order chi connectivity index (χ1) is 30.0. The fourth-order valence-corrected chi connectivity index (χ4v) is 6.99. The number of ether oxygens (including phenoxy) is 3. The van der Waals surface area contributed by atoms with E-state index in [0.29, 0.717) is 19.3 Å². The van der Waals surface area contributed by atoms with E-state index >= 15 is 0 Å². The zero-order chi connectivity index (χ0) is 44.4. The van der Waals surface area contributed by atoms with Gasteiger partial charge in [0, 0.05) is 19.3 Å². The topological polar surface area (TPSA) is 78.9 Å². The minimum Gasteiger partial charge on any atom is -0.462 e. The summed E-state index contributed by atoms with van der Waals surface area (Å²) in [5.41, 5.74) is 0. The number of unbranched alkanes of at least 4 members (excludes halogenated alkanes) is 26. The maximum atomic E-state index is 12.8. The Labute approximate surface area is 376 Å². The van der Waals surface area contributed by atoms with Crippen LogP contribution in [0, 0.1) is 0 Å². The zero-order valence-electron chi connectivity index (χ0n) is 39.9. The molecule has 0 bridgehead atoms. The molecule has 0 aromatic rings. The predicted octanol–water partition coefficient (Wildman–Crippen LogP) is 16.6. The SMILES string of the molecule is CC\C=C/C=C\C=C/C=C\C=C/CCCCCC(=O)OC(COC(=O)CCCCCCC/C=C\CCCCCCCCCCC)COC(=O)CCCCCCCCCCCC. The van der Waals surface area contributed by atoms with Crippen LogP contribution < -0.4 is 0 Å². The molecule has 0 saturated heterocycles. The van der Waals surface area contributed by atoms with Gasteiger partial charge in [0.2, 0.25) is 0 Å². The fourth-order valence-electron chi connectivity index (χ4n) is 6.99. The molecule has 0 aromatic heterocycles. The van der Waals surface area contributed by atoms with Crippen LogP contribution in [0.25, 0.3) is 0 Å². The molecule has 1 atom stereocenters. The summed E-state index contributed by atoms with van der Waals surface area (Å²) < 4.78 is 16.7. The fraction of sp³-hybridized carbons (Fsp3) is 0.727. The van der Waals surface area contributed by atoms with Crippen LogP contribution in [-0.4, -0.2) is 37.2 Å². The molecule has 0 amide bonds. The van der Waals surface area contributed by atoms with Gasteiger partial charge in [-0.1, -0.05) is 229 Å². The Balaban J connectivity index is 4.42. The molecule has 0 fully saturated rings. The summed E-state index contributed by atoms with van der Waals surface area (Å²) in [6, 6.07) is 0. The first-order valence-electron chi connectivity index (χ1n) is 25.5. The van der Waals surface area contributed by atoms with Crippen LogP contribution in [0.5, 0.6) is 0 Å². The number of carbonyl (C=O) groups excluding carboxylic acids is 3. The molecular formula is C55H94O6. The van der Waals surface area contributed by atoms with E-state index in [2.05, 4.69) is 45.1 Å². The van der Waals surface area contributed by atoms with Crippen LogP contribution in [0.3, 0.4) is 0 Å². The summed E-state index contributed by atoms with van der Waals surface area (Å²) in [4.78, 5) is 37.9. The third kappa shape index (κ3) is 47.7. The Bertz CT molecular complexity index is 1160. The second-order valence-corrected chi connectivity index (χ2v) is 16.8. The van der Waals surface area contributed by atoms with Crippen molar-refractivity contribution in [1.82, 2.24) is 0 Å². The number of allylic oxidation sites excluding steroid dienone is 12. The largest absolute Gasteiger partial charge is 0.462 e. The lowest BCUT2D eigenvalue weighted by Crippen LogP contribution is -2.30. The van der Waals surface area contributed by atoms with Crippen LogP contribution in [0.4, 0.5) is 0 Å². The molecule has 6 heteroatoms. The lowest BCUT2D eigenvalue weighted by atomic mass is 10.1. The average molecular weight is 851 g/mol. The van der Waals surface area contributed by atoms with Crippen molar-refractivity contribution < 1.29 is 28.6 Å². The van der Waals surface area contributed by atoms with Crippen molar-refractivity contribution in [3.8, 4) is 0 Å². The van der Waals surface area contributed by atoms with Crippen molar-refractivity contribution in [2.24, 2.45) is 0 Å². The van der Waals surface area contributed by atoms with E-state index in [1.54, 1.807) is 0 Å². The van der Waals surface area contributed by atoms with Crippen LogP contribution in [0.2, 0.25) is 0 Å². The Morgan fingerprint density at radius 2 is 0.656 bits per heavy atom. The van der Waals surface area contributed by atoms with Gasteiger partial charge in [-0.15, -0.1) is 0 Å². The van der Waals surface area contributed by atoms with Crippen LogP contribution in [0.15, 0.2) is 72.9 Å². The van der Waals surface area contributed by atoms with Gasteiger partial charge in [0.05, 0.1) is 0 Å². The molecule has 350 valence electrons. The second kappa shape index (κ2) is 49.5. The van der Waals surface area contributed by atoms with Crippen LogP contribution >= 0.6 is 0 Å². The molecule has 0 spiro atoms. The average Bonchev–Trinajstić information content (AvgIpc) is 3.26. The van der Waals surface area contributed by atoms with E-state index in [4.69, 9.17) is 14.2 Å². The minimum absolute atomic E-state index is 0.0943. The Kier molecular flexibility index (Phi) is 46.9. The third-order valence-corrected chi connectivity index (χ3v) is 10.8. The lowest BCUT2D eigenvalue weighted by Gasteiger charge is -2.18. The highest BCUT2D eigenvalue weighted by atomic mass is 16.6. The summed E-state index contributed by atoms with van der Waals surface area (Å²) >= 11 is 0. The van der Waals surface area contributed by atoms with Gasteiger partial charge in [-0.25, -0.2) is 0 Å². The standard InChI is InChI=1S/C55H94O6/c1-4-7-10-13-16-19-22-24-26-27-28-30-31-33-36-39-42-45-48-54(57)60-51-52(50-59-53(56)47-44-41-38-35-21-18-15-12-9-6-3)61-55(58)49-46-43-40-37-34-32-29-25-23-20-17-14-11-8-5-2/h8,11,14,17,20,23,25,28-30,32,34,52H,4-7,9-10,12-13,15-16,18-19,21-22,24,26-27,31,33,35-51H2,1-3H3/b11-8-,17-14-,23-20-,29-25-,30-28-,34-32-. The van der Waals surface area contributed by atoms with Gasteiger partial charge in [-0.05, 0) is 64.2 Å². The summed E-state index contributed by atoms with van der Waals surface area (Å²) in [5, 5.41) is 0. The Morgan fingerprint density at radius 3 is 1.07 bits per heavy atom. The van der Waals surface area contributed by atoms with Gasteiger partial charge in [0.1, 0.15) is 13.2 Å². The first-order valence-corrected chi connectivity index (χ1v) is 25.5. The minimum atomic E-state index is -0.798. The maximum absolute atomic E-state index is 12.8. The lowest BCUT2D eigenvalue weighted by molar-refractivity contribution is -0.167. The molecule has 0 radical (unpaired) electrons. The molecule has 0 N–H and O–H groups in total. The summed E-state index contributed by atoms with van der Waals surface area (Å²) in [6.07, 6.45) is 61.7. The Hall–Kier alpha value is -3.15. The van der Waals surface area contributed by atoms with Crippen molar-refractivity contribution in [2.75, 3.05) is 13.2 Å². The summed E-state index contributed by atoms with van der Waals surface area (Å²) in [5.74, 6) is -0.945. The number of rotatable bonds is 45. The number of hydrogen-bond acceptors (Lipinski definition) is 6. The van der Waals surface area contributed by atoms with Crippen molar-refractivity contribution in [2.45, 2.75) is 245 Å². The summed E-state index contributed by atoms with van der Waals surface area (Å²) in [6.45, 7) is 6.44. The van der Waals surface area contributed by atoms with Crippen molar-refractivity contribution in [1.29, 1.82) is 0 Å². The van der Waals surface area contributed by atoms with Gasteiger partial charge in [-0.3, -0.25) is 14.4 Å². The number of carbonyl (C=O) groups is 3. The molecule has 0 aliphatic rings. The van der Waals surface area contributed by atoms with E-state index in [1.807, 2.05) is 48.6 Å². The maximum Gasteiger partial charge on any atom is 0.306 e. The smallest absolute Gasteiger partial charge is 0.306 e. The van der Waals surface area contributed by atoms with E-state index in [9.17, 15) is 14.4 Å². The molecule has 0 aliphatic heterocycles. The van der Waals surface area contributed by atoms with Gasteiger partial charge >= 0.3 is 17.9 Å². The van der Waals surface area contributed by atoms with Gasteiger partial charge < -0.3 is 14.2 Å². The monoisotopic (exact) mass is 851 g/mol. The van der Waals surface area contributed by atoms with E-state index in [0.717, 1.165) is 70.6 Å². The first kappa shape index (κ1) is 57.9. The molecule has 0 aromatic carbocycles. The molecule has 61 heavy (non-hydrogen) atoms. The highest BCUT2D eigenvalue weighted by molar-refractivity contribution is 5.71. The third-order valence-electron chi connectivity index (χ3n) is 10.8. The number of esters is 3. The van der Waals surface area contributed by atoms with E-state index in [1.165, 1.54) is 122 Å². The molecule has 0 rings (SSSR count). The normalized spacial score (nSPS) is 12.6. The van der Waals surface area contributed by atoms with Gasteiger partial charge in [0.15, 0.2) is 6.10 Å². The van der Waals surface area contributed by atoms with Gasteiger partial charge in [0.25, 0.3) is 0 Å². The van der Waals surface area contributed by atoms with Crippen molar-refractivity contribution in [3.05, 3.63) is 72.9 Å².